The molecule has 0 saturated heterocycles. The van der Waals surface area contributed by atoms with Crippen molar-refractivity contribution in [2.75, 3.05) is 7.11 Å². The molecule has 1 N–H and O–H groups in total. The van der Waals surface area contributed by atoms with Crippen LogP contribution in [0.2, 0.25) is 0 Å². The topological polar surface area (TPSA) is 62.1 Å². The van der Waals surface area contributed by atoms with Crippen LogP contribution < -0.4 is 4.74 Å². The number of phenols is 1. The highest BCUT2D eigenvalue weighted by molar-refractivity contribution is 6.03. The number of hydrogen-bond acceptors (Lipinski definition) is 4. The number of ether oxygens (including phenoxy) is 1. The van der Waals surface area contributed by atoms with E-state index in [1.165, 1.54) is 17.7 Å². The summed E-state index contributed by atoms with van der Waals surface area (Å²) in [6.07, 6.45) is 1.73. The predicted octanol–water partition coefficient (Wildman–Crippen LogP) is 4.19. The summed E-state index contributed by atoms with van der Waals surface area (Å²) in [5.74, 6) is 0.422. The number of nitrogens with zero attached hydrogens (tertiary/aromatic N) is 2. The van der Waals surface area contributed by atoms with Crippen molar-refractivity contribution < 1.29 is 14.6 Å². The molecule has 1 atom stereocenters. The van der Waals surface area contributed by atoms with E-state index >= 15 is 0 Å². The number of carbonyl (C=O) groups is 1. The largest absolute Gasteiger partial charge is 0.504 e. The SMILES string of the molecule is CCCC(=O)N1N=C(c2ccc(C)cc2)C[C@H]1c1cccc(OC)c1O. The summed E-state index contributed by atoms with van der Waals surface area (Å²) in [6, 6.07) is 13.1. The van der Waals surface area contributed by atoms with Crippen molar-refractivity contribution in [3.63, 3.8) is 0 Å². The number of benzene rings is 2. The third-order valence-corrected chi connectivity index (χ3v) is 4.62. The van der Waals surface area contributed by atoms with Crippen molar-refractivity contribution in [2.45, 2.75) is 39.2 Å². The van der Waals surface area contributed by atoms with Crippen LogP contribution in [0.1, 0.15) is 48.9 Å². The van der Waals surface area contributed by atoms with Crippen LogP contribution in [-0.4, -0.2) is 28.8 Å². The average Bonchev–Trinajstić information content (AvgIpc) is 3.08. The molecule has 0 bridgehead atoms. The predicted molar refractivity (Wildman–Crippen MR) is 101 cm³/mol. The summed E-state index contributed by atoms with van der Waals surface area (Å²) in [5, 5.41) is 16.7. The second kappa shape index (κ2) is 7.60. The van der Waals surface area contributed by atoms with Crippen molar-refractivity contribution in [3.8, 4) is 11.5 Å². The molecule has 1 aliphatic rings. The van der Waals surface area contributed by atoms with Gasteiger partial charge >= 0.3 is 0 Å². The molecule has 2 aromatic rings. The first kappa shape index (κ1) is 18.0. The molecular formula is C21H24N2O3. The number of aromatic hydroxyl groups is 1. The van der Waals surface area contributed by atoms with E-state index in [1.807, 2.05) is 50.2 Å². The molecule has 3 rings (SSSR count). The Kier molecular flexibility index (Phi) is 5.26. The number of rotatable bonds is 5. The van der Waals surface area contributed by atoms with Gasteiger partial charge in [-0.3, -0.25) is 4.79 Å². The fourth-order valence-corrected chi connectivity index (χ4v) is 3.20. The fraction of sp³-hybridized carbons (Fsp3) is 0.333. The molecule has 0 unspecified atom stereocenters. The van der Waals surface area contributed by atoms with E-state index in [1.54, 1.807) is 6.07 Å². The van der Waals surface area contributed by atoms with Crippen LogP contribution in [0.5, 0.6) is 11.5 Å². The van der Waals surface area contributed by atoms with E-state index in [9.17, 15) is 9.90 Å². The molecule has 2 aromatic carbocycles. The van der Waals surface area contributed by atoms with Gasteiger partial charge in [-0.2, -0.15) is 5.10 Å². The molecule has 1 heterocycles. The monoisotopic (exact) mass is 352 g/mol. The third kappa shape index (κ3) is 3.43. The standard InChI is InChI=1S/C21H24N2O3/c1-4-6-20(24)23-18(16-7-5-8-19(26-3)21(16)25)13-17(22-23)15-11-9-14(2)10-12-15/h5,7-12,18,25H,4,6,13H2,1-3H3/t18-/m0/s1. The maximum Gasteiger partial charge on any atom is 0.243 e. The minimum absolute atomic E-state index is 0.0400. The molecular weight excluding hydrogens is 328 g/mol. The lowest BCUT2D eigenvalue weighted by atomic mass is 9.97. The van der Waals surface area contributed by atoms with E-state index < -0.39 is 0 Å². The van der Waals surface area contributed by atoms with Gasteiger partial charge < -0.3 is 9.84 Å². The normalized spacial score (nSPS) is 16.5. The Labute approximate surface area is 153 Å². The van der Waals surface area contributed by atoms with Gasteiger partial charge in [0.1, 0.15) is 0 Å². The van der Waals surface area contributed by atoms with Crippen molar-refractivity contribution >= 4 is 11.6 Å². The lowest BCUT2D eigenvalue weighted by Crippen LogP contribution is -2.26. The number of amides is 1. The minimum atomic E-state index is -0.333. The van der Waals surface area contributed by atoms with Gasteiger partial charge in [0.15, 0.2) is 11.5 Å². The van der Waals surface area contributed by atoms with Crippen LogP contribution in [0.4, 0.5) is 0 Å². The second-order valence-electron chi connectivity index (χ2n) is 6.52. The smallest absolute Gasteiger partial charge is 0.243 e. The first-order valence-electron chi connectivity index (χ1n) is 8.87. The van der Waals surface area contributed by atoms with Crippen molar-refractivity contribution in [2.24, 2.45) is 5.10 Å². The van der Waals surface area contributed by atoms with Crippen molar-refractivity contribution in [1.82, 2.24) is 5.01 Å². The van der Waals surface area contributed by atoms with Crippen molar-refractivity contribution in [1.29, 1.82) is 0 Å². The van der Waals surface area contributed by atoms with Crippen LogP contribution >= 0.6 is 0 Å². The minimum Gasteiger partial charge on any atom is -0.504 e. The fourth-order valence-electron chi connectivity index (χ4n) is 3.20. The Morgan fingerprint density at radius 1 is 1.27 bits per heavy atom. The van der Waals surface area contributed by atoms with E-state index in [4.69, 9.17) is 4.74 Å². The van der Waals surface area contributed by atoms with E-state index in [0.717, 1.165) is 17.7 Å². The first-order chi connectivity index (χ1) is 12.5. The van der Waals surface area contributed by atoms with Crippen LogP contribution in [0.3, 0.4) is 0 Å². The van der Waals surface area contributed by atoms with Gasteiger partial charge in [0, 0.05) is 18.4 Å². The van der Waals surface area contributed by atoms with E-state index in [-0.39, 0.29) is 17.7 Å². The summed E-state index contributed by atoms with van der Waals surface area (Å²) in [7, 11) is 1.52. The molecule has 0 aliphatic carbocycles. The van der Waals surface area contributed by atoms with Crippen LogP contribution in [0, 0.1) is 6.92 Å². The third-order valence-electron chi connectivity index (χ3n) is 4.62. The Bertz CT molecular complexity index is 828. The highest BCUT2D eigenvalue weighted by Crippen LogP contribution is 2.41. The molecule has 0 radical (unpaired) electrons. The number of hydrogen-bond donors (Lipinski definition) is 1. The molecule has 0 spiro atoms. The lowest BCUT2D eigenvalue weighted by molar-refractivity contribution is -0.133. The highest BCUT2D eigenvalue weighted by Gasteiger charge is 2.34. The van der Waals surface area contributed by atoms with Crippen LogP contribution in [0.15, 0.2) is 47.6 Å². The summed E-state index contributed by atoms with van der Waals surface area (Å²) in [5.41, 5.74) is 3.67. The lowest BCUT2D eigenvalue weighted by Gasteiger charge is -2.23. The summed E-state index contributed by atoms with van der Waals surface area (Å²) < 4.78 is 5.22. The van der Waals surface area contributed by atoms with Gasteiger partial charge in [-0.1, -0.05) is 48.9 Å². The van der Waals surface area contributed by atoms with Gasteiger partial charge in [-0.05, 0) is 25.0 Å². The van der Waals surface area contributed by atoms with Crippen molar-refractivity contribution in [3.05, 3.63) is 59.2 Å². The maximum absolute atomic E-state index is 12.6. The highest BCUT2D eigenvalue weighted by atomic mass is 16.5. The van der Waals surface area contributed by atoms with Crippen LogP contribution in [0.25, 0.3) is 0 Å². The zero-order valence-corrected chi connectivity index (χ0v) is 15.4. The van der Waals surface area contributed by atoms with Gasteiger partial charge in [-0.25, -0.2) is 5.01 Å². The summed E-state index contributed by atoms with van der Waals surface area (Å²) in [4.78, 5) is 12.6. The maximum atomic E-state index is 12.6. The first-order valence-corrected chi connectivity index (χ1v) is 8.87. The molecule has 1 amide bonds. The number of methoxy groups -OCH3 is 1. The Hall–Kier alpha value is -2.82. The quantitative estimate of drug-likeness (QED) is 0.878. The molecule has 136 valence electrons. The summed E-state index contributed by atoms with van der Waals surface area (Å²) >= 11 is 0. The molecule has 0 saturated carbocycles. The molecule has 0 fully saturated rings. The second-order valence-corrected chi connectivity index (χ2v) is 6.52. The number of carbonyl (C=O) groups excluding carboxylic acids is 1. The van der Waals surface area contributed by atoms with E-state index in [0.29, 0.717) is 24.2 Å². The van der Waals surface area contributed by atoms with Gasteiger partial charge in [0.25, 0.3) is 0 Å². The number of phenolic OH excluding ortho intramolecular Hbond substituents is 1. The van der Waals surface area contributed by atoms with Gasteiger partial charge in [0.2, 0.25) is 5.91 Å². The average molecular weight is 352 g/mol. The van der Waals surface area contributed by atoms with Crippen LogP contribution in [-0.2, 0) is 4.79 Å². The molecule has 5 nitrogen and oxygen atoms in total. The molecule has 5 heteroatoms. The molecule has 26 heavy (non-hydrogen) atoms. The zero-order chi connectivity index (χ0) is 18.7. The van der Waals surface area contributed by atoms with E-state index in [2.05, 4.69) is 5.10 Å². The Morgan fingerprint density at radius 2 is 2.00 bits per heavy atom. The zero-order valence-electron chi connectivity index (χ0n) is 15.4. The van der Waals surface area contributed by atoms with Gasteiger partial charge in [0.05, 0.1) is 18.9 Å². The molecule has 1 aliphatic heterocycles. The van der Waals surface area contributed by atoms with Gasteiger partial charge in [-0.15, -0.1) is 0 Å². The number of hydrazone groups is 1. The number of aryl methyl sites for hydroxylation is 1. The number of para-hydroxylation sites is 1. The summed E-state index contributed by atoms with van der Waals surface area (Å²) in [6.45, 7) is 4.00. The molecule has 0 aromatic heterocycles. The Morgan fingerprint density at radius 3 is 2.65 bits per heavy atom. The Balaban J connectivity index is 1.99.